The predicted molar refractivity (Wildman–Crippen MR) is 61.4 cm³/mol. The number of nitrogens with one attached hydrogen (secondary N) is 1. The third kappa shape index (κ3) is 1.98. The highest BCUT2D eigenvalue weighted by molar-refractivity contribution is 8.00. The summed E-state index contributed by atoms with van der Waals surface area (Å²) in [5, 5.41) is 4.12. The summed E-state index contributed by atoms with van der Waals surface area (Å²) >= 11 is 1.93. The van der Waals surface area contributed by atoms with Gasteiger partial charge < -0.3 is 10.1 Å². The van der Waals surface area contributed by atoms with Gasteiger partial charge >= 0.3 is 0 Å². The minimum atomic E-state index is 0.692. The van der Waals surface area contributed by atoms with Crippen LogP contribution >= 0.6 is 11.8 Å². The van der Waals surface area contributed by atoms with Crippen molar-refractivity contribution in [1.29, 1.82) is 0 Å². The van der Waals surface area contributed by atoms with Gasteiger partial charge in [0.2, 0.25) is 0 Å². The predicted octanol–water partition coefficient (Wildman–Crippen LogP) is 2.99. The Kier molecular flexibility index (Phi) is 2.87. The Labute approximate surface area is 89.0 Å². The summed E-state index contributed by atoms with van der Waals surface area (Å²) in [4.78, 5) is 1.33. The van der Waals surface area contributed by atoms with E-state index in [0.717, 1.165) is 12.3 Å². The van der Waals surface area contributed by atoms with Gasteiger partial charge in [-0.2, -0.15) is 0 Å². The van der Waals surface area contributed by atoms with Gasteiger partial charge in [0.15, 0.2) is 0 Å². The van der Waals surface area contributed by atoms with Crippen molar-refractivity contribution in [3.63, 3.8) is 0 Å². The summed E-state index contributed by atoms with van der Waals surface area (Å²) < 4.78 is 5.20. The van der Waals surface area contributed by atoms with Gasteiger partial charge in [-0.1, -0.05) is 6.92 Å². The molecule has 0 saturated heterocycles. The van der Waals surface area contributed by atoms with Gasteiger partial charge in [0.05, 0.1) is 12.8 Å². The molecule has 1 aromatic carbocycles. The van der Waals surface area contributed by atoms with Crippen molar-refractivity contribution in [2.24, 2.45) is 0 Å². The van der Waals surface area contributed by atoms with Crippen LogP contribution in [-0.2, 0) is 0 Å². The van der Waals surface area contributed by atoms with Gasteiger partial charge in [0, 0.05) is 22.8 Å². The lowest BCUT2D eigenvalue weighted by atomic mass is 10.3. The summed E-state index contributed by atoms with van der Waals surface area (Å²) in [5.74, 6) is 0.923. The Morgan fingerprint density at radius 2 is 2.36 bits per heavy atom. The van der Waals surface area contributed by atoms with Crippen molar-refractivity contribution >= 4 is 17.4 Å². The van der Waals surface area contributed by atoms with E-state index in [1.807, 2.05) is 17.8 Å². The molecule has 1 aliphatic heterocycles. The SMILES string of the molecule is COc1ccc2c(c1)NCCC(C)S2. The molecular weight excluding hydrogens is 194 g/mol. The van der Waals surface area contributed by atoms with Crippen LogP contribution in [0.5, 0.6) is 5.75 Å². The van der Waals surface area contributed by atoms with E-state index in [1.54, 1.807) is 7.11 Å². The Balaban J connectivity index is 2.31. The lowest BCUT2D eigenvalue weighted by Crippen LogP contribution is -2.03. The van der Waals surface area contributed by atoms with Gasteiger partial charge in [-0.15, -0.1) is 11.8 Å². The Bertz CT molecular complexity index is 327. The van der Waals surface area contributed by atoms with Gasteiger partial charge in [-0.25, -0.2) is 0 Å². The first-order valence-corrected chi connectivity index (χ1v) is 5.76. The van der Waals surface area contributed by atoms with E-state index in [2.05, 4.69) is 24.4 Å². The molecule has 76 valence electrons. The minimum Gasteiger partial charge on any atom is -0.497 e. The number of ether oxygens (including phenoxy) is 1. The monoisotopic (exact) mass is 209 g/mol. The fourth-order valence-corrected chi connectivity index (χ4v) is 2.64. The molecule has 0 saturated carbocycles. The molecular formula is C11H15NOS. The highest BCUT2D eigenvalue weighted by Gasteiger charge is 2.13. The highest BCUT2D eigenvalue weighted by atomic mass is 32.2. The lowest BCUT2D eigenvalue weighted by molar-refractivity contribution is 0.414. The summed E-state index contributed by atoms with van der Waals surface area (Å²) in [6.07, 6.45) is 1.21. The van der Waals surface area contributed by atoms with Crippen LogP contribution in [0.15, 0.2) is 23.1 Å². The van der Waals surface area contributed by atoms with E-state index < -0.39 is 0 Å². The molecule has 0 radical (unpaired) electrons. The molecule has 1 aromatic rings. The highest BCUT2D eigenvalue weighted by Crippen LogP contribution is 2.36. The zero-order valence-corrected chi connectivity index (χ0v) is 9.36. The number of hydrogen-bond acceptors (Lipinski definition) is 3. The molecule has 0 spiro atoms. The largest absolute Gasteiger partial charge is 0.497 e. The molecule has 1 atom stereocenters. The number of anilines is 1. The molecule has 0 aromatic heterocycles. The van der Waals surface area contributed by atoms with Crippen LogP contribution in [0.1, 0.15) is 13.3 Å². The van der Waals surface area contributed by atoms with Crippen molar-refractivity contribution in [2.45, 2.75) is 23.5 Å². The molecule has 1 unspecified atom stereocenters. The number of hydrogen-bond donors (Lipinski definition) is 1. The molecule has 1 aliphatic rings. The molecule has 2 rings (SSSR count). The fourth-order valence-electron chi connectivity index (χ4n) is 1.56. The van der Waals surface area contributed by atoms with Crippen LogP contribution in [0.25, 0.3) is 0 Å². The molecule has 0 fully saturated rings. The van der Waals surface area contributed by atoms with Gasteiger partial charge in [-0.3, -0.25) is 0 Å². The Morgan fingerprint density at radius 1 is 1.50 bits per heavy atom. The molecule has 3 heteroatoms. The standard InChI is InChI=1S/C11H15NOS/c1-8-5-6-12-10-7-9(13-2)3-4-11(10)14-8/h3-4,7-8,12H,5-6H2,1-2H3. The first kappa shape index (κ1) is 9.71. The molecule has 0 amide bonds. The lowest BCUT2D eigenvalue weighted by Gasteiger charge is -2.09. The number of thioether (sulfide) groups is 1. The molecule has 0 aliphatic carbocycles. The average Bonchev–Trinajstić information content (AvgIpc) is 2.37. The minimum absolute atomic E-state index is 0.692. The van der Waals surface area contributed by atoms with E-state index in [1.165, 1.54) is 17.0 Å². The van der Waals surface area contributed by atoms with Gasteiger partial charge in [0.25, 0.3) is 0 Å². The molecule has 0 bridgehead atoms. The van der Waals surface area contributed by atoms with E-state index in [0.29, 0.717) is 5.25 Å². The second kappa shape index (κ2) is 4.13. The first-order valence-electron chi connectivity index (χ1n) is 4.88. The number of methoxy groups -OCH3 is 1. The first-order chi connectivity index (χ1) is 6.79. The fraction of sp³-hybridized carbons (Fsp3) is 0.455. The summed E-state index contributed by atoms with van der Waals surface area (Å²) in [5.41, 5.74) is 1.21. The molecule has 1 heterocycles. The van der Waals surface area contributed by atoms with Crippen LogP contribution in [0, 0.1) is 0 Å². The maximum absolute atomic E-state index is 5.20. The maximum atomic E-state index is 5.20. The molecule has 1 N–H and O–H groups in total. The van der Waals surface area contributed by atoms with E-state index in [9.17, 15) is 0 Å². The van der Waals surface area contributed by atoms with Crippen LogP contribution in [0.3, 0.4) is 0 Å². The van der Waals surface area contributed by atoms with Crippen LogP contribution in [0.4, 0.5) is 5.69 Å². The summed E-state index contributed by atoms with van der Waals surface area (Å²) in [6.45, 7) is 3.32. The van der Waals surface area contributed by atoms with Crippen molar-refractivity contribution in [1.82, 2.24) is 0 Å². The zero-order valence-electron chi connectivity index (χ0n) is 8.54. The number of benzene rings is 1. The van der Waals surface area contributed by atoms with Crippen molar-refractivity contribution in [3.8, 4) is 5.75 Å². The van der Waals surface area contributed by atoms with Crippen molar-refractivity contribution < 1.29 is 4.74 Å². The normalized spacial score (nSPS) is 20.6. The second-order valence-corrected chi connectivity index (χ2v) is 4.99. The average molecular weight is 209 g/mol. The topological polar surface area (TPSA) is 21.3 Å². The quantitative estimate of drug-likeness (QED) is 0.768. The smallest absolute Gasteiger partial charge is 0.121 e. The van der Waals surface area contributed by atoms with Crippen molar-refractivity contribution in [2.75, 3.05) is 19.0 Å². The van der Waals surface area contributed by atoms with Crippen molar-refractivity contribution in [3.05, 3.63) is 18.2 Å². The van der Waals surface area contributed by atoms with Crippen LogP contribution < -0.4 is 10.1 Å². The third-order valence-electron chi connectivity index (χ3n) is 2.38. The molecule has 14 heavy (non-hydrogen) atoms. The Hall–Kier alpha value is -0.830. The van der Waals surface area contributed by atoms with Crippen LogP contribution in [-0.4, -0.2) is 18.9 Å². The number of fused-ring (bicyclic) bond motifs is 1. The van der Waals surface area contributed by atoms with E-state index in [4.69, 9.17) is 4.74 Å². The summed E-state index contributed by atoms with van der Waals surface area (Å²) in [6, 6.07) is 6.22. The Morgan fingerprint density at radius 3 is 3.14 bits per heavy atom. The molecule has 2 nitrogen and oxygen atoms in total. The summed E-state index contributed by atoms with van der Waals surface area (Å²) in [7, 11) is 1.70. The second-order valence-electron chi connectivity index (χ2n) is 3.51. The third-order valence-corrected chi connectivity index (χ3v) is 3.63. The zero-order chi connectivity index (χ0) is 9.97. The van der Waals surface area contributed by atoms with Gasteiger partial charge in [0.1, 0.15) is 5.75 Å². The maximum Gasteiger partial charge on any atom is 0.121 e. The van der Waals surface area contributed by atoms with Crippen LogP contribution in [0.2, 0.25) is 0 Å². The van der Waals surface area contributed by atoms with E-state index >= 15 is 0 Å². The van der Waals surface area contributed by atoms with Gasteiger partial charge in [-0.05, 0) is 18.6 Å². The number of rotatable bonds is 1. The van der Waals surface area contributed by atoms with E-state index in [-0.39, 0.29) is 0 Å².